The van der Waals surface area contributed by atoms with Crippen molar-refractivity contribution in [2.45, 2.75) is 13.8 Å². The van der Waals surface area contributed by atoms with E-state index in [2.05, 4.69) is 10.6 Å². The van der Waals surface area contributed by atoms with Crippen LogP contribution in [0.3, 0.4) is 0 Å². The van der Waals surface area contributed by atoms with Gasteiger partial charge < -0.3 is 10.6 Å². The highest BCUT2D eigenvalue weighted by atomic mass is 35.5. The highest BCUT2D eigenvalue weighted by molar-refractivity contribution is 6.34. The SMILES string of the molecule is Cc1cc(C)c(NC(=O)CNC(=O)c2ccc(Cl)cc2)c(Cl)c1. The molecule has 0 aromatic heterocycles. The topological polar surface area (TPSA) is 58.2 Å². The van der Waals surface area contributed by atoms with Gasteiger partial charge in [-0.25, -0.2) is 0 Å². The van der Waals surface area contributed by atoms with Crippen LogP contribution >= 0.6 is 23.2 Å². The summed E-state index contributed by atoms with van der Waals surface area (Å²) in [5.41, 5.74) is 2.88. The Morgan fingerprint density at radius 2 is 1.70 bits per heavy atom. The summed E-state index contributed by atoms with van der Waals surface area (Å²) in [4.78, 5) is 23.9. The molecule has 0 saturated carbocycles. The van der Waals surface area contributed by atoms with Crippen molar-refractivity contribution in [3.8, 4) is 0 Å². The fraction of sp³-hybridized carbons (Fsp3) is 0.176. The van der Waals surface area contributed by atoms with Crippen LogP contribution in [0.5, 0.6) is 0 Å². The number of carbonyl (C=O) groups excluding carboxylic acids is 2. The lowest BCUT2D eigenvalue weighted by atomic mass is 10.1. The number of amides is 2. The number of rotatable bonds is 4. The number of benzene rings is 2. The Morgan fingerprint density at radius 3 is 2.30 bits per heavy atom. The molecular weight excluding hydrogens is 335 g/mol. The molecule has 0 fully saturated rings. The highest BCUT2D eigenvalue weighted by Gasteiger charge is 2.11. The van der Waals surface area contributed by atoms with Gasteiger partial charge in [-0.15, -0.1) is 0 Å². The van der Waals surface area contributed by atoms with Crippen molar-refractivity contribution in [1.29, 1.82) is 0 Å². The highest BCUT2D eigenvalue weighted by Crippen LogP contribution is 2.27. The maximum absolute atomic E-state index is 12.0. The molecule has 2 rings (SSSR count). The van der Waals surface area contributed by atoms with E-state index < -0.39 is 0 Å². The van der Waals surface area contributed by atoms with Crippen LogP contribution in [0.4, 0.5) is 5.69 Å². The second-order valence-electron chi connectivity index (χ2n) is 5.18. The molecule has 0 heterocycles. The molecule has 0 atom stereocenters. The van der Waals surface area contributed by atoms with Crippen LogP contribution in [-0.2, 0) is 4.79 Å². The smallest absolute Gasteiger partial charge is 0.251 e. The normalized spacial score (nSPS) is 10.3. The standard InChI is InChI=1S/C17H16Cl2N2O2/c1-10-7-11(2)16(14(19)8-10)21-15(22)9-20-17(23)12-3-5-13(18)6-4-12/h3-8H,9H2,1-2H3,(H,20,23)(H,21,22). The number of hydrogen-bond acceptors (Lipinski definition) is 2. The molecule has 2 N–H and O–H groups in total. The van der Waals surface area contributed by atoms with E-state index in [1.807, 2.05) is 19.9 Å². The van der Waals surface area contributed by atoms with E-state index in [0.29, 0.717) is 21.3 Å². The van der Waals surface area contributed by atoms with Gasteiger partial charge in [-0.1, -0.05) is 29.3 Å². The molecule has 120 valence electrons. The van der Waals surface area contributed by atoms with Crippen molar-refractivity contribution in [3.05, 3.63) is 63.1 Å². The largest absolute Gasteiger partial charge is 0.343 e. The maximum atomic E-state index is 12.0. The minimum absolute atomic E-state index is 0.148. The van der Waals surface area contributed by atoms with Gasteiger partial charge in [-0.3, -0.25) is 9.59 Å². The van der Waals surface area contributed by atoms with Gasteiger partial charge in [0.05, 0.1) is 17.3 Å². The van der Waals surface area contributed by atoms with E-state index in [-0.39, 0.29) is 18.4 Å². The fourth-order valence-corrected chi connectivity index (χ4v) is 2.62. The summed E-state index contributed by atoms with van der Waals surface area (Å²) < 4.78 is 0. The summed E-state index contributed by atoms with van der Waals surface area (Å²) in [5, 5.41) is 6.28. The zero-order chi connectivity index (χ0) is 17.0. The van der Waals surface area contributed by atoms with Crippen LogP contribution < -0.4 is 10.6 Å². The lowest BCUT2D eigenvalue weighted by molar-refractivity contribution is -0.115. The van der Waals surface area contributed by atoms with Crippen molar-refractivity contribution in [1.82, 2.24) is 5.32 Å². The van der Waals surface area contributed by atoms with E-state index in [1.54, 1.807) is 30.3 Å². The quantitative estimate of drug-likeness (QED) is 0.875. The second-order valence-corrected chi connectivity index (χ2v) is 6.02. The van der Waals surface area contributed by atoms with Gasteiger partial charge in [0.2, 0.25) is 5.91 Å². The average Bonchev–Trinajstić information content (AvgIpc) is 2.49. The van der Waals surface area contributed by atoms with Gasteiger partial charge in [0, 0.05) is 10.6 Å². The van der Waals surface area contributed by atoms with E-state index in [9.17, 15) is 9.59 Å². The van der Waals surface area contributed by atoms with Crippen molar-refractivity contribution in [2.75, 3.05) is 11.9 Å². The summed E-state index contributed by atoms with van der Waals surface area (Å²) in [6.07, 6.45) is 0. The summed E-state index contributed by atoms with van der Waals surface area (Å²) in [6.45, 7) is 3.64. The van der Waals surface area contributed by atoms with Crippen molar-refractivity contribution in [3.63, 3.8) is 0 Å². The van der Waals surface area contributed by atoms with Gasteiger partial charge in [-0.2, -0.15) is 0 Å². The number of nitrogens with one attached hydrogen (secondary N) is 2. The molecule has 0 radical (unpaired) electrons. The monoisotopic (exact) mass is 350 g/mol. The molecule has 2 aromatic carbocycles. The molecule has 0 saturated heterocycles. The van der Waals surface area contributed by atoms with E-state index in [1.165, 1.54) is 0 Å². The molecule has 0 unspecified atom stereocenters. The Labute approximate surface area is 144 Å². The van der Waals surface area contributed by atoms with E-state index in [4.69, 9.17) is 23.2 Å². The zero-order valence-corrected chi connectivity index (χ0v) is 14.3. The molecule has 0 aliphatic heterocycles. The average molecular weight is 351 g/mol. The van der Waals surface area contributed by atoms with Crippen molar-refractivity contribution < 1.29 is 9.59 Å². The molecule has 0 aliphatic carbocycles. The Bertz CT molecular complexity index is 720. The molecule has 0 aliphatic rings. The lowest BCUT2D eigenvalue weighted by Crippen LogP contribution is -2.33. The van der Waals surface area contributed by atoms with Gasteiger partial charge in [-0.05, 0) is 55.3 Å². The summed E-state index contributed by atoms with van der Waals surface area (Å²) in [5.74, 6) is -0.690. The summed E-state index contributed by atoms with van der Waals surface area (Å²) in [6, 6.07) is 10.1. The van der Waals surface area contributed by atoms with Crippen LogP contribution in [0.25, 0.3) is 0 Å². The molecule has 6 heteroatoms. The molecule has 23 heavy (non-hydrogen) atoms. The van der Waals surface area contributed by atoms with Crippen LogP contribution in [-0.4, -0.2) is 18.4 Å². The predicted octanol–water partition coefficient (Wildman–Crippen LogP) is 3.98. The van der Waals surface area contributed by atoms with Crippen LogP contribution in [0.2, 0.25) is 10.0 Å². The third-order valence-electron chi connectivity index (χ3n) is 3.21. The van der Waals surface area contributed by atoms with Crippen molar-refractivity contribution >= 4 is 40.7 Å². The first-order valence-electron chi connectivity index (χ1n) is 6.97. The van der Waals surface area contributed by atoms with Crippen LogP contribution in [0.15, 0.2) is 36.4 Å². The number of carbonyl (C=O) groups is 2. The van der Waals surface area contributed by atoms with Gasteiger partial charge >= 0.3 is 0 Å². The van der Waals surface area contributed by atoms with Gasteiger partial charge in [0.25, 0.3) is 5.91 Å². The van der Waals surface area contributed by atoms with Crippen LogP contribution in [0.1, 0.15) is 21.5 Å². The fourth-order valence-electron chi connectivity index (χ4n) is 2.12. The predicted molar refractivity (Wildman–Crippen MR) is 93.3 cm³/mol. The first-order chi connectivity index (χ1) is 10.9. The number of aryl methyl sites for hydroxylation is 2. The minimum Gasteiger partial charge on any atom is -0.343 e. The molecule has 4 nitrogen and oxygen atoms in total. The Balaban J connectivity index is 1.95. The molecule has 2 amide bonds. The number of halogens is 2. The first-order valence-corrected chi connectivity index (χ1v) is 7.73. The molecule has 2 aromatic rings. The molecule has 0 spiro atoms. The van der Waals surface area contributed by atoms with E-state index in [0.717, 1.165) is 11.1 Å². The van der Waals surface area contributed by atoms with Crippen molar-refractivity contribution in [2.24, 2.45) is 0 Å². The molecule has 0 bridgehead atoms. The van der Waals surface area contributed by atoms with Crippen LogP contribution in [0, 0.1) is 13.8 Å². The Hall–Kier alpha value is -2.04. The molecular formula is C17H16Cl2N2O2. The Morgan fingerprint density at radius 1 is 1.04 bits per heavy atom. The first kappa shape index (κ1) is 17.3. The number of anilines is 1. The van der Waals surface area contributed by atoms with Gasteiger partial charge in [0.15, 0.2) is 0 Å². The van der Waals surface area contributed by atoms with E-state index >= 15 is 0 Å². The second kappa shape index (κ2) is 7.49. The third kappa shape index (κ3) is 4.71. The third-order valence-corrected chi connectivity index (χ3v) is 3.76. The summed E-state index contributed by atoms with van der Waals surface area (Å²) >= 11 is 11.9. The minimum atomic E-state index is -0.346. The maximum Gasteiger partial charge on any atom is 0.251 e. The van der Waals surface area contributed by atoms with Gasteiger partial charge in [0.1, 0.15) is 0 Å². The summed E-state index contributed by atoms with van der Waals surface area (Å²) in [7, 11) is 0. The number of hydrogen-bond donors (Lipinski definition) is 2. The zero-order valence-electron chi connectivity index (χ0n) is 12.7. The Kier molecular flexibility index (Phi) is 5.64. The lowest BCUT2D eigenvalue weighted by Gasteiger charge is -2.12.